The number of hydrogen-bond acceptors (Lipinski definition) is 5. The second-order valence-electron chi connectivity index (χ2n) is 7.13. The molecule has 2 aromatic heterocycles. The maximum Gasteiger partial charge on any atom is 0.254 e. The molecule has 8 heteroatoms. The molecule has 0 saturated heterocycles. The minimum atomic E-state index is -0.0706. The monoisotopic (exact) mass is 409 g/mol. The number of thiophene rings is 1. The summed E-state index contributed by atoms with van der Waals surface area (Å²) in [5.74, 6) is -0.0552. The molecular weight excluding hydrogens is 386 g/mol. The van der Waals surface area contributed by atoms with Crippen molar-refractivity contribution in [1.29, 1.82) is 0 Å². The van der Waals surface area contributed by atoms with Crippen LogP contribution in [0.2, 0.25) is 0 Å². The van der Waals surface area contributed by atoms with Gasteiger partial charge in [0.1, 0.15) is 12.7 Å². The average Bonchev–Trinajstić information content (AvgIpc) is 3.40. The Morgan fingerprint density at radius 1 is 1.28 bits per heavy atom. The molecule has 1 aliphatic rings. The van der Waals surface area contributed by atoms with E-state index in [9.17, 15) is 9.59 Å². The second-order valence-corrected chi connectivity index (χ2v) is 8.13. The summed E-state index contributed by atoms with van der Waals surface area (Å²) in [5.41, 5.74) is 3.38. The molecule has 3 aromatic rings. The van der Waals surface area contributed by atoms with Crippen molar-refractivity contribution < 1.29 is 9.59 Å². The van der Waals surface area contributed by atoms with Gasteiger partial charge in [-0.05, 0) is 54.5 Å². The summed E-state index contributed by atoms with van der Waals surface area (Å²) in [7, 11) is 0. The number of carbonyl (C=O) groups is 2. The molecule has 0 atom stereocenters. The standard InChI is InChI=1S/C21H23N5O2S/c1-15-17(21(28)25-10-7-19-16(12-25)8-11-29-19)4-2-5-18(15)24-20(27)6-3-9-26-14-22-13-23-26/h2,4-5,8,11,13-14H,3,6-7,9-10,12H2,1H3,(H,24,27). The van der Waals surface area contributed by atoms with Crippen molar-refractivity contribution in [2.24, 2.45) is 0 Å². The van der Waals surface area contributed by atoms with Crippen LogP contribution in [-0.4, -0.2) is 38.0 Å². The van der Waals surface area contributed by atoms with Gasteiger partial charge in [0, 0.05) is 42.2 Å². The number of benzene rings is 1. The fourth-order valence-electron chi connectivity index (χ4n) is 3.56. The third kappa shape index (κ3) is 4.37. The molecule has 4 rings (SSSR count). The number of carbonyl (C=O) groups excluding carboxylic acids is 2. The molecular formula is C21H23N5O2S. The molecule has 0 unspecified atom stereocenters. The molecule has 1 N–H and O–H groups in total. The van der Waals surface area contributed by atoms with E-state index >= 15 is 0 Å². The Hall–Kier alpha value is -3.00. The Kier molecular flexibility index (Phi) is 5.71. The van der Waals surface area contributed by atoms with Gasteiger partial charge in [0.2, 0.25) is 5.91 Å². The Morgan fingerprint density at radius 3 is 3.00 bits per heavy atom. The maximum atomic E-state index is 13.1. The second kappa shape index (κ2) is 8.57. The van der Waals surface area contributed by atoms with E-state index in [0.717, 1.165) is 18.5 Å². The minimum Gasteiger partial charge on any atom is -0.334 e. The van der Waals surface area contributed by atoms with Crippen LogP contribution in [0.3, 0.4) is 0 Å². The van der Waals surface area contributed by atoms with E-state index in [2.05, 4.69) is 26.8 Å². The fourth-order valence-corrected chi connectivity index (χ4v) is 4.45. The lowest BCUT2D eigenvalue weighted by atomic mass is 10.0. The van der Waals surface area contributed by atoms with Crippen LogP contribution in [0.25, 0.3) is 0 Å². The molecule has 0 spiro atoms. The predicted molar refractivity (Wildman–Crippen MR) is 112 cm³/mol. The van der Waals surface area contributed by atoms with Crippen LogP contribution in [0.4, 0.5) is 5.69 Å². The van der Waals surface area contributed by atoms with Gasteiger partial charge in [-0.3, -0.25) is 14.3 Å². The molecule has 1 aliphatic heterocycles. The first-order valence-electron chi connectivity index (χ1n) is 9.68. The molecule has 0 aliphatic carbocycles. The van der Waals surface area contributed by atoms with Crippen molar-refractivity contribution in [1.82, 2.24) is 19.7 Å². The molecule has 3 heterocycles. The van der Waals surface area contributed by atoms with Crippen molar-refractivity contribution in [2.45, 2.75) is 39.3 Å². The summed E-state index contributed by atoms with van der Waals surface area (Å²) in [6, 6.07) is 7.60. The van der Waals surface area contributed by atoms with Gasteiger partial charge in [0.15, 0.2) is 0 Å². The lowest BCUT2D eigenvalue weighted by Crippen LogP contribution is -2.35. The highest BCUT2D eigenvalue weighted by molar-refractivity contribution is 7.10. The van der Waals surface area contributed by atoms with Gasteiger partial charge in [-0.15, -0.1) is 11.3 Å². The molecule has 7 nitrogen and oxygen atoms in total. The normalized spacial score (nSPS) is 13.2. The number of nitrogens with one attached hydrogen (secondary N) is 1. The molecule has 0 saturated carbocycles. The van der Waals surface area contributed by atoms with Gasteiger partial charge in [0.05, 0.1) is 0 Å². The zero-order valence-electron chi connectivity index (χ0n) is 16.3. The number of rotatable bonds is 6. The third-order valence-electron chi connectivity index (χ3n) is 5.19. The van der Waals surface area contributed by atoms with Crippen LogP contribution in [0, 0.1) is 6.92 Å². The highest BCUT2D eigenvalue weighted by atomic mass is 32.1. The maximum absolute atomic E-state index is 13.1. The van der Waals surface area contributed by atoms with Crippen molar-refractivity contribution in [3.8, 4) is 0 Å². The number of fused-ring (bicyclic) bond motifs is 1. The zero-order chi connectivity index (χ0) is 20.2. The molecule has 2 amide bonds. The van der Waals surface area contributed by atoms with E-state index in [1.807, 2.05) is 30.0 Å². The highest BCUT2D eigenvalue weighted by Gasteiger charge is 2.24. The summed E-state index contributed by atoms with van der Waals surface area (Å²) in [5, 5.41) is 9.06. The molecule has 0 bridgehead atoms. The summed E-state index contributed by atoms with van der Waals surface area (Å²) in [6.07, 6.45) is 5.07. The van der Waals surface area contributed by atoms with Crippen molar-refractivity contribution in [3.05, 3.63) is 63.9 Å². The number of aryl methyl sites for hydroxylation is 1. The summed E-state index contributed by atoms with van der Waals surface area (Å²) >= 11 is 1.76. The number of hydrogen-bond donors (Lipinski definition) is 1. The molecule has 0 radical (unpaired) electrons. The van der Waals surface area contributed by atoms with Gasteiger partial charge in [-0.2, -0.15) is 5.10 Å². The Bertz CT molecular complexity index is 1010. The number of amides is 2. The summed E-state index contributed by atoms with van der Waals surface area (Å²) in [4.78, 5) is 32.6. The zero-order valence-corrected chi connectivity index (χ0v) is 17.1. The van der Waals surface area contributed by atoms with Gasteiger partial charge in [-0.25, -0.2) is 4.98 Å². The van der Waals surface area contributed by atoms with Crippen LogP contribution in [0.1, 0.15) is 39.2 Å². The van der Waals surface area contributed by atoms with Gasteiger partial charge >= 0.3 is 0 Å². The van der Waals surface area contributed by atoms with Crippen molar-refractivity contribution in [3.63, 3.8) is 0 Å². The first-order valence-corrected chi connectivity index (χ1v) is 10.6. The number of nitrogens with zero attached hydrogens (tertiary/aromatic N) is 4. The van der Waals surface area contributed by atoms with Crippen LogP contribution in [0.15, 0.2) is 42.3 Å². The average molecular weight is 410 g/mol. The Balaban J connectivity index is 1.39. The topological polar surface area (TPSA) is 80.1 Å². The van der Waals surface area contributed by atoms with E-state index in [0.29, 0.717) is 37.2 Å². The van der Waals surface area contributed by atoms with Gasteiger partial charge in [-0.1, -0.05) is 6.07 Å². The van der Waals surface area contributed by atoms with Crippen LogP contribution >= 0.6 is 11.3 Å². The van der Waals surface area contributed by atoms with Crippen LogP contribution < -0.4 is 5.32 Å². The van der Waals surface area contributed by atoms with E-state index < -0.39 is 0 Å². The van der Waals surface area contributed by atoms with Crippen molar-refractivity contribution >= 4 is 28.8 Å². The molecule has 1 aromatic carbocycles. The summed E-state index contributed by atoms with van der Waals surface area (Å²) < 4.78 is 1.70. The summed E-state index contributed by atoms with van der Waals surface area (Å²) in [6.45, 7) is 3.91. The van der Waals surface area contributed by atoms with Crippen LogP contribution in [0.5, 0.6) is 0 Å². The van der Waals surface area contributed by atoms with E-state index in [4.69, 9.17) is 0 Å². The predicted octanol–water partition coefficient (Wildman–Crippen LogP) is 3.27. The van der Waals surface area contributed by atoms with Crippen molar-refractivity contribution in [2.75, 3.05) is 11.9 Å². The van der Waals surface area contributed by atoms with E-state index in [-0.39, 0.29) is 11.8 Å². The lowest BCUT2D eigenvalue weighted by Gasteiger charge is -2.28. The lowest BCUT2D eigenvalue weighted by molar-refractivity contribution is -0.116. The molecule has 150 valence electrons. The highest BCUT2D eigenvalue weighted by Crippen LogP contribution is 2.27. The minimum absolute atomic E-state index is 0.0154. The number of anilines is 1. The SMILES string of the molecule is Cc1c(NC(=O)CCCn2cncn2)cccc1C(=O)N1CCc2sccc2C1. The van der Waals surface area contributed by atoms with E-state index in [1.54, 1.807) is 22.3 Å². The smallest absolute Gasteiger partial charge is 0.254 e. The van der Waals surface area contributed by atoms with Gasteiger partial charge in [0.25, 0.3) is 5.91 Å². The molecule has 0 fully saturated rings. The Labute approximate surface area is 173 Å². The molecule has 29 heavy (non-hydrogen) atoms. The third-order valence-corrected chi connectivity index (χ3v) is 6.21. The van der Waals surface area contributed by atoms with Crippen LogP contribution in [-0.2, 0) is 24.3 Å². The Morgan fingerprint density at radius 2 is 2.17 bits per heavy atom. The number of aromatic nitrogens is 3. The quantitative estimate of drug-likeness (QED) is 0.678. The van der Waals surface area contributed by atoms with Gasteiger partial charge < -0.3 is 10.2 Å². The first-order chi connectivity index (χ1) is 14.1. The van der Waals surface area contributed by atoms with E-state index in [1.165, 1.54) is 16.8 Å². The fraction of sp³-hybridized carbons (Fsp3) is 0.333. The largest absolute Gasteiger partial charge is 0.334 e. The first kappa shape index (κ1) is 19.3.